The molecule has 826 valence electrons. The Kier molecular flexibility index (Phi) is 42.3. The van der Waals surface area contributed by atoms with Crippen LogP contribution in [0, 0.1) is 0 Å². The number of aliphatic hydroxyl groups is 31. The van der Waals surface area contributed by atoms with Crippen molar-refractivity contribution in [2.24, 2.45) is 0 Å². The second kappa shape index (κ2) is 51.2. The normalized spacial score (nSPS) is 47.8. The van der Waals surface area contributed by atoms with E-state index in [2.05, 4.69) is 26.6 Å². The summed E-state index contributed by atoms with van der Waals surface area (Å²) < 4.78 is 124. The van der Waals surface area contributed by atoms with Gasteiger partial charge in [0.2, 0.25) is 29.5 Å². The fourth-order valence-electron chi connectivity index (χ4n) is 18.4. The van der Waals surface area contributed by atoms with Crippen LogP contribution in [0.15, 0.2) is 0 Å². The molecule has 11 rings (SSSR count). The third kappa shape index (κ3) is 26.2. The summed E-state index contributed by atoms with van der Waals surface area (Å²) in [6.45, 7) is -8.61. The lowest BCUT2D eigenvalue weighted by Crippen LogP contribution is -2.71. The molecule has 64 heteroatoms. The molecule has 143 heavy (non-hydrogen) atoms. The first-order chi connectivity index (χ1) is 67.5. The fourth-order valence-corrected chi connectivity index (χ4v) is 18.4. The van der Waals surface area contributed by atoms with E-state index < -0.39 is 458 Å². The summed E-state index contributed by atoms with van der Waals surface area (Å²) in [5, 5.41) is 371. The number of aliphatic carboxylic acids is 1. The Morgan fingerprint density at radius 3 is 0.951 bits per heavy atom. The predicted molar refractivity (Wildman–Crippen MR) is 438 cm³/mol. The highest BCUT2D eigenvalue weighted by Crippen LogP contribution is 2.43. The van der Waals surface area contributed by atoms with E-state index >= 15 is 0 Å². The molecule has 0 aliphatic carbocycles. The smallest absolute Gasteiger partial charge is 0.364 e. The van der Waals surface area contributed by atoms with Crippen LogP contribution in [0.2, 0.25) is 0 Å². The molecule has 5 amide bonds. The number of carbonyl (C=O) groups is 6. The number of nitrogens with one attached hydrogen (secondary N) is 5. The molecule has 0 aromatic carbocycles. The first-order valence-corrected chi connectivity index (χ1v) is 45.3. The van der Waals surface area contributed by atoms with Crippen molar-refractivity contribution in [3.63, 3.8) is 0 Å². The summed E-state index contributed by atoms with van der Waals surface area (Å²) in [4.78, 5) is 77.2. The minimum absolute atomic E-state index is 0.829. The zero-order valence-electron chi connectivity index (χ0n) is 76.6. The van der Waals surface area contributed by atoms with Crippen molar-refractivity contribution in [2.75, 3.05) is 72.7 Å². The van der Waals surface area contributed by atoms with E-state index in [1.54, 1.807) is 0 Å². The molecule has 0 radical (unpaired) electrons. The molecule has 1 unspecified atom stereocenters. The predicted octanol–water partition coefficient (Wildman–Crippen LogP) is -25.1. The van der Waals surface area contributed by atoms with Gasteiger partial charge < -0.3 is 289 Å². The average molecular weight is 2090 g/mol. The third-order valence-corrected chi connectivity index (χ3v) is 26.0. The Morgan fingerprint density at radius 1 is 0.287 bits per heavy atom. The largest absolute Gasteiger partial charge is 0.477 e. The highest BCUT2D eigenvalue weighted by molar-refractivity contribution is 5.77. The zero-order chi connectivity index (χ0) is 106. The third-order valence-electron chi connectivity index (χ3n) is 26.0. The molecule has 0 spiro atoms. The number of carboxylic acid groups (broad SMARTS) is 1. The van der Waals surface area contributed by atoms with Crippen LogP contribution in [0.3, 0.4) is 0 Å². The number of aliphatic hydroxyl groups excluding tert-OH is 31. The molecular weight excluding hydrogens is 1960 g/mol. The van der Waals surface area contributed by atoms with Crippen LogP contribution in [-0.4, -0.2) is 615 Å². The van der Waals surface area contributed by atoms with Crippen LogP contribution >= 0.6 is 0 Å². The van der Waals surface area contributed by atoms with Gasteiger partial charge in [0.25, 0.3) is 5.79 Å². The number of rotatable bonds is 39. The SMILES string of the molecule is CC(=O)N[C@H]1[C@H](O[C@H]2[C@H](O)[C@@H](NC(C)=O)C(O)O[C@@H]2CO)O[C@H](CO)[C@@H](O[C@@H]2O[C@H](CO[C@H]3O[C@H](CO)[C@@H](O)[C@H](O)[C@@H]3O[C@@H]3O[C@H](CO)[C@@H](O[C@@H]4O[C@H](CO)[C@H](O)[C@H](O[C@H]5O[C@H](CO)[C@H](O)[C@H](O)[C@H]5O)[C@H]4O)[C@H](O)[C@H]3NC(C)=O)[C@@H](O)[C@H](O[C@H]3O[C@H](CO)[C@@H](O)[C@H](O)[C@@H]3O[C@@H]3O[C@H](CO)[C@@H](O[C@@H]4O[C@H](CO[C@]5(C(=O)O)C[C@H](O)[C@@H](NC(C)=O)[C@H]([C@H](O)[C@H](O)CO)O5)[C@H](O)[C@H](O)[C@H]4O)[C@H](O)[C@H]3NC(C)=O)[C@@H]2O)[C@@H]1O. The standard InChI is InChI=1S/C79H131N5O59/c1-18(94)80-35-23(99)6-79(78(121)122,143-63(35)40(101)24(100)7-85)124-17-34-44(105)52(113)56(117)73(134-34)136-60-30(13-91)132-71(39(49(60)110)84-22(5)98)142-67-54(115)43(104)27(10-88)129-77(67)140-65-46(107)33(133-75(58(65)119)138-62-31(14-92)130-69(37(48(62)109)82-20(3)96)135-59-29(12-90)125-68(120)36(47(59)108)81-19(2)95)16-123-76-66(53(114)42(103)26(9-87)128-76)141-70-38(83-21(4)97)50(111)61(32(15-93)131-70)137-74-57(118)64(45(106)28(11-89)127-74)139-72-55(116)51(112)41(102)25(8-86)126-72/h23-77,85-93,99-120H,6-17H2,1-5H3,(H,80,94)(H,81,95)(H,82,96)(H,83,97)(H,84,98)(H,121,122)/t23-,24+,25+,26+,27+,28+,29+,30+,31+,32+,33+,34+,35+,36+,37+,38+,39+,40+,41-,42+,43+,44-,45-,46+,47+,48+,49+,50+,51-,52-,53-,54-,55+,56+,57+,58-,59+,60+,61+,62+,63+,64-,65-,66-,67-,68?,69-,70-,71-,72+,73-,74-,75-,76-,77+,79+/m0/s1. The lowest BCUT2D eigenvalue weighted by Gasteiger charge is -2.51. The summed E-state index contributed by atoms with van der Waals surface area (Å²) in [6.07, 6.45) is -111. The molecule has 0 saturated carbocycles. The Labute approximate surface area is 808 Å². The molecule has 0 bridgehead atoms. The van der Waals surface area contributed by atoms with Gasteiger partial charge in [-0.15, -0.1) is 0 Å². The van der Waals surface area contributed by atoms with E-state index in [0.717, 1.165) is 34.6 Å². The van der Waals surface area contributed by atoms with Crippen molar-refractivity contribution < 1.29 is 292 Å². The van der Waals surface area contributed by atoms with Crippen LogP contribution in [0.4, 0.5) is 0 Å². The number of hydrogen-bond donors (Lipinski definition) is 37. The van der Waals surface area contributed by atoms with Crippen LogP contribution in [-0.2, 0) is 128 Å². The molecule has 56 atom stereocenters. The molecule has 0 aromatic rings. The van der Waals surface area contributed by atoms with Gasteiger partial charge >= 0.3 is 5.97 Å². The lowest BCUT2D eigenvalue weighted by atomic mass is 9.88. The molecule has 11 aliphatic heterocycles. The average Bonchev–Trinajstić information content (AvgIpc) is 0.765. The summed E-state index contributed by atoms with van der Waals surface area (Å²) in [5.41, 5.74) is 0. The van der Waals surface area contributed by atoms with Gasteiger partial charge in [-0.2, -0.15) is 0 Å². The Balaban J connectivity index is 0.893. The molecule has 37 N–H and O–H groups in total. The van der Waals surface area contributed by atoms with Gasteiger partial charge in [-0.05, 0) is 0 Å². The number of hydrogen-bond acceptors (Lipinski definition) is 58. The summed E-state index contributed by atoms with van der Waals surface area (Å²) >= 11 is 0. The maximum atomic E-state index is 13.3. The molecule has 11 saturated heterocycles. The second-order valence-electron chi connectivity index (χ2n) is 36.0. The molecule has 11 fully saturated rings. The van der Waals surface area contributed by atoms with Gasteiger partial charge in [-0.3, -0.25) is 24.0 Å². The zero-order valence-corrected chi connectivity index (χ0v) is 76.6. The summed E-state index contributed by atoms with van der Waals surface area (Å²) in [5.74, 6) is -9.99. The quantitative estimate of drug-likeness (QED) is 0.0272. The van der Waals surface area contributed by atoms with Gasteiger partial charge in [-0.1, -0.05) is 0 Å². The second-order valence-corrected chi connectivity index (χ2v) is 36.0. The van der Waals surface area contributed by atoms with Gasteiger partial charge in [-0.25, -0.2) is 4.79 Å². The maximum Gasteiger partial charge on any atom is 0.364 e. The summed E-state index contributed by atoms with van der Waals surface area (Å²) in [6, 6.07) is -9.62. The number of amides is 5. The first kappa shape index (κ1) is 118. The van der Waals surface area contributed by atoms with E-state index in [-0.39, 0.29) is 0 Å². The maximum absolute atomic E-state index is 13.3. The van der Waals surface area contributed by atoms with Gasteiger partial charge in [0, 0.05) is 41.0 Å². The van der Waals surface area contributed by atoms with Crippen molar-refractivity contribution in [2.45, 2.75) is 384 Å². The Morgan fingerprint density at radius 2 is 0.566 bits per heavy atom. The van der Waals surface area contributed by atoms with E-state index in [1.165, 1.54) is 0 Å². The summed E-state index contributed by atoms with van der Waals surface area (Å²) in [7, 11) is 0. The van der Waals surface area contributed by atoms with Gasteiger partial charge in [0.1, 0.15) is 262 Å². The van der Waals surface area contributed by atoms with E-state index in [1.807, 2.05) is 0 Å². The fraction of sp³-hybridized carbons (Fsp3) is 0.924. The van der Waals surface area contributed by atoms with Crippen LogP contribution in [0.25, 0.3) is 0 Å². The number of carbonyl (C=O) groups excluding carboxylic acids is 5. The Bertz CT molecular complexity index is 4030. The minimum Gasteiger partial charge on any atom is -0.477 e. The van der Waals surface area contributed by atoms with Crippen molar-refractivity contribution in [3.05, 3.63) is 0 Å². The minimum atomic E-state index is -3.12. The first-order valence-electron chi connectivity index (χ1n) is 45.3. The molecular formula is C79H131N5O59. The van der Waals surface area contributed by atoms with Crippen molar-refractivity contribution >= 4 is 35.5 Å². The topological polar surface area (TPSA) is 1000 Å². The molecule has 64 nitrogen and oxygen atoms in total. The van der Waals surface area contributed by atoms with Crippen molar-refractivity contribution in [1.29, 1.82) is 0 Å². The van der Waals surface area contributed by atoms with Crippen LogP contribution < -0.4 is 26.6 Å². The molecule has 11 heterocycles. The monoisotopic (exact) mass is 2090 g/mol. The number of ether oxygens (including phenoxy) is 21. The highest BCUT2D eigenvalue weighted by Gasteiger charge is 2.64. The van der Waals surface area contributed by atoms with Crippen LogP contribution in [0.1, 0.15) is 41.0 Å². The van der Waals surface area contributed by atoms with Gasteiger partial charge in [0.15, 0.2) is 62.9 Å². The van der Waals surface area contributed by atoms with Gasteiger partial charge in [0.05, 0.1) is 84.8 Å². The van der Waals surface area contributed by atoms with E-state index in [9.17, 15) is 192 Å². The lowest BCUT2D eigenvalue weighted by molar-refractivity contribution is -0.399. The molecule has 0 aromatic heterocycles. The van der Waals surface area contributed by atoms with Crippen molar-refractivity contribution in [3.8, 4) is 0 Å². The Hall–Kier alpha value is -5.26. The number of carboxylic acids is 1. The van der Waals surface area contributed by atoms with Crippen molar-refractivity contribution in [1.82, 2.24) is 26.6 Å². The highest BCUT2D eigenvalue weighted by atomic mass is 16.8. The van der Waals surface area contributed by atoms with Crippen LogP contribution in [0.5, 0.6) is 0 Å². The molecule has 11 aliphatic rings. The van der Waals surface area contributed by atoms with E-state index in [4.69, 9.17) is 99.5 Å². The van der Waals surface area contributed by atoms with E-state index in [0.29, 0.717) is 0 Å².